The average molecular weight is 565 g/mol. The van der Waals surface area contributed by atoms with Crippen LogP contribution in [0.2, 0.25) is 25.7 Å². The molecule has 5 rings (SSSR count). The maximum atomic E-state index is 13.3. The first-order valence-corrected chi connectivity index (χ1v) is 17.8. The number of piperidine rings is 1. The van der Waals surface area contributed by atoms with Crippen LogP contribution >= 0.6 is 0 Å². The number of hydrogen-bond donors (Lipinski definition) is 2. The van der Waals surface area contributed by atoms with E-state index in [1.165, 1.54) is 4.90 Å². The Morgan fingerprint density at radius 2 is 1.93 bits per heavy atom. The molecular weight excluding hydrogens is 524 g/mol. The zero-order valence-corrected chi connectivity index (χ0v) is 25.1. The molecule has 10 nitrogen and oxygen atoms in total. The second-order valence-corrected chi connectivity index (χ2v) is 18.3. The smallest absolute Gasteiger partial charge is 0.407 e. The van der Waals surface area contributed by atoms with Crippen molar-refractivity contribution in [2.75, 3.05) is 36.6 Å². The SMILES string of the molecule is CC1(C)C(=O)N(COCC[Si](C)(C)C)c2cc(Nc3nc4cccc(CC5CCN(C(=O)O)CC5)n4n3)ccc21. The van der Waals surface area contributed by atoms with E-state index in [2.05, 4.69) is 31.0 Å². The monoisotopic (exact) mass is 564 g/mol. The van der Waals surface area contributed by atoms with Crippen LogP contribution < -0.4 is 10.2 Å². The lowest BCUT2D eigenvalue weighted by Gasteiger charge is -2.29. The molecule has 1 saturated heterocycles. The van der Waals surface area contributed by atoms with Crippen molar-refractivity contribution in [3.63, 3.8) is 0 Å². The van der Waals surface area contributed by atoms with Crippen molar-refractivity contribution < 1.29 is 19.4 Å². The first-order chi connectivity index (χ1) is 18.9. The molecular formula is C29H40N6O4Si. The maximum Gasteiger partial charge on any atom is 0.407 e. The van der Waals surface area contributed by atoms with E-state index in [9.17, 15) is 14.7 Å². The van der Waals surface area contributed by atoms with Crippen LogP contribution in [0.4, 0.5) is 22.1 Å². The van der Waals surface area contributed by atoms with Crippen molar-refractivity contribution in [2.45, 2.75) is 64.2 Å². The third-order valence-electron chi connectivity index (χ3n) is 8.04. The van der Waals surface area contributed by atoms with Gasteiger partial charge in [0.25, 0.3) is 0 Å². The van der Waals surface area contributed by atoms with E-state index >= 15 is 0 Å². The molecule has 0 unspecified atom stereocenters. The predicted molar refractivity (Wildman–Crippen MR) is 158 cm³/mol. The van der Waals surface area contributed by atoms with Crippen LogP contribution in [0, 0.1) is 5.92 Å². The lowest BCUT2D eigenvalue weighted by atomic mass is 9.86. The molecule has 11 heteroatoms. The van der Waals surface area contributed by atoms with Gasteiger partial charge in [-0.2, -0.15) is 4.98 Å². The molecule has 0 radical (unpaired) electrons. The number of carbonyl (C=O) groups excluding carboxylic acids is 1. The standard InChI is InChI=1S/C29H40N6O4Si/c1-29(2)23-10-9-21(18-24(23)34(26(29)36)19-39-15-16-40(3,4)5)30-27-31-25-8-6-7-22(35(25)32-27)17-20-11-13-33(14-12-20)28(37)38/h6-10,18,20H,11-17,19H2,1-5H3,(H,30,32)(H,37,38). The third-order valence-corrected chi connectivity index (χ3v) is 9.74. The summed E-state index contributed by atoms with van der Waals surface area (Å²) in [5, 5.41) is 17.3. The number of ether oxygens (including phenoxy) is 1. The number of aromatic nitrogens is 3. The van der Waals surface area contributed by atoms with Gasteiger partial charge in [0.1, 0.15) is 6.73 Å². The molecule has 2 aliphatic heterocycles. The number of hydrogen-bond acceptors (Lipinski definition) is 6. The predicted octanol–water partition coefficient (Wildman–Crippen LogP) is 5.34. The Hall–Kier alpha value is -3.44. The van der Waals surface area contributed by atoms with Crippen LogP contribution in [0.25, 0.3) is 5.65 Å². The number of pyridine rings is 1. The van der Waals surface area contributed by atoms with Gasteiger partial charge >= 0.3 is 6.09 Å². The van der Waals surface area contributed by atoms with E-state index in [4.69, 9.17) is 14.8 Å². The largest absolute Gasteiger partial charge is 0.465 e. The van der Waals surface area contributed by atoms with Crippen molar-refractivity contribution in [3.8, 4) is 0 Å². The Morgan fingerprint density at radius 3 is 2.62 bits per heavy atom. The Bertz CT molecular complexity index is 1410. The summed E-state index contributed by atoms with van der Waals surface area (Å²) in [6.45, 7) is 12.9. The molecule has 2 amide bonds. The summed E-state index contributed by atoms with van der Waals surface area (Å²) in [5.41, 5.74) is 3.82. The van der Waals surface area contributed by atoms with Gasteiger partial charge in [-0.1, -0.05) is 31.8 Å². The highest BCUT2D eigenvalue weighted by Crippen LogP contribution is 2.43. The Labute approximate surface area is 236 Å². The van der Waals surface area contributed by atoms with Crippen molar-refractivity contribution in [1.82, 2.24) is 19.5 Å². The number of anilines is 3. The number of amides is 2. The number of nitrogens with zero attached hydrogens (tertiary/aromatic N) is 5. The number of nitrogens with one attached hydrogen (secondary N) is 1. The number of benzene rings is 1. The lowest BCUT2D eigenvalue weighted by molar-refractivity contribution is -0.123. The van der Waals surface area contributed by atoms with Gasteiger partial charge in [-0.25, -0.2) is 9.31 Å². The molecule has 2 aliphatic rings. The number of carbonyl (C=O) groups is 2. The number of carboxylic acid groups (broad SMARTS) is 1. The summed E-state index contributed by atoms with van der Waals surface area (Å²) in [4.78, 5) is 32.5. The zero-order chi connectivity index (χ0) is 28.7. The molecule has 0 bridgehead atoms. The summed E-state index contributed by atoms with van der Waals surface area (Å²) >= 11 is 0. The van der Waals surface area contributed by atoms with E-state index in [1.807, 2.05) is 48.7 Å². The third kappa shape index (κ3) is 5.85. The van der Waals surface area contributed by atoms with Crippen LogP contribution in [0.5, 0.6) is 0 Å². The minimum atomic E-state index is -1.22. The van der Waals surface area contributed by atoms with Gasteiger partial charge in [-0.3, -0.25) is 9.69 Å². The second-order valence-electron chi connectivity index (χ2n) is 12.7. The van der Waals surface area contributed by atoms with Crippen LogP contribution in [0.3, 0.4) is 0 Å². The highest BCUT2D eigenvalue weighted by atomic mass is 28.3. The fourth-order valence-corrected chi connectivity index (χ4v) is 6.26. The van der Waals surface area contributed by atoms with E-state index in [1.54, 1.807) is 4.90 Å². The van der Waals surface area contributed by atoms with Crippen LogP contribution in [-0.4, -0.2) is 71.1 Å². The van der Waals surface area contributed by atoms with Crippen molar-refractivity contribution in [2.24, 2.45) is 5.92 Å². The van der Waals surface area contributed by atoms with Crippen LogP contribution in [-0.2, 0) is 21.4 Å². The summed E-state index contributed by atoms with van der Waals surface area (Å²) in [5.74, 6) is 0.922. The summed E-state index contributed by atoms with van der Waals surface area (Å²) in [7, 11) is -1.22. The molecule has 40 heavy (non-hydrogen) atoms. The normalized spacial score (nSPS) is 17.5. The summed E-state index contributed by atoms with van der Waals surface area (Å²) in [6, 6.07) is 13.0. The molecule has 0 saturated carbocycles. The Balaban J connectivity index is 1.31. The van der Waals surface area contributed by atoms with E-state index < -0.39 is 19.6 Å². The maximum absolute atomic E-state index is 13.3. The summed E-state index contributed by atoms with van der Waals surface area (Å²) in [6.07, 6.45) is 1.65. The topological polar surface area (TPSA) is 112 Å². The molecule has 2 aromatic heterocycles. The Kier molecular flexibility index (Phi) is 7.62. The first kappa shape index (κ1) is 28.1. The first-order valence-electron chi connectivity index (χ1n) is 14.1. The van der Waals surface area contributed by atoms with Gasteiger partial charge in [0.05, 0.1) is 11.1 Å². The zero-order valence-electron chi connectivity index (χ0n) is 24.1. The average Bonchev–Trinajstić information content (AvgIpc) is 3.38. The van der Waals surface area contributed by atoms with E-state index in [-0.39, 0.29) is 12.6 Å². The van der Waals surface area contributed by atoms with E-state index in [0.717, 1.165) is 53.6 Å². The van der Waals surface area contributed by atoms with Gasteiger partial charge in [-0.15, -0.1) is 5.10 Å². The minimum absolute atomic E-state index is 0.0392. The van der Waals surface area contributed by atoms with Gasteiger partial charge in [0.2, 0.25) is 11.9 Å². The molecule has 1 aromatic carbocycles. The van der Waals surface area contributed by atoms with Crippen molar-refractivity contribution >= 4 is 43.0 Å². The fraction of sp³-hybridized carbons (Fsp3) is 0.517. The van der Waals surface area contributed by atoms with Crippen LogP contribution in [0.15, 0.2) is 36.4 Å². The lowest BCUT2D eigenvalue weighted by Crippen LogP contribution is -2.38. The quantitative estimate of drug-likeness (QED) is 0.266. The van der Waals surface area contributed by atoms with Crippen molar-refractivity contribution in [3.05, 3.63) is 47.7 Å². The molecule has 4 heterocycles. The molecule has 0 atom stereocenters. The molecule has 3 aromatic rings. The summed E-state index contributed by atoms with van der Waals surface area (Å²) < 4.78 is 7.83. The Morgan fingerprint density at radius 1 is 1.18 bits per heavy atom. The van der Waals surface area contributed by atoms with Crippen molar-refractivity contribution in [1.29, 1.82) is 0 Å². The molecule has 214 valence electrons. The van der Waals surface area contributed by atoms with Gasteiger partial charge < -0.3 is 20.1 Å². The highest BCUT2D eigenvalue weighted by molar-refractivity contribution is 6.76. The second kappa shape index (κ2) is 10.9. The molecule has 1 fully saturated rings. The van der Waals surface area contributed by atoms with Crippen LogP contribution in [0.1, 0.15) is 37.9 Å². The van der Waals surface area contributed by atoms with E-state index in [0.29, 0.717) is 31.6 Å². The van der Waals surface area contributed by atoms with Gasteiger partial charge in [-0.05, 0) is 74.9 Å². The number of likely N-dealkylation sites (tertiary alicyclic amines) is 1. The fourth-order valence-electron chi connectivity index (χ4n) is 5.51. The molecule has 0 aliphatic carbocycles. The highest BCUT2D eigenvalue weighted by Gasteiger charge is 2.44. The number of fused-ring (bicyclic) bond motifs is 2. The number of rotatable bonds is 9. The molecule has 2 N–H and O–H groups in total. The van der Waals surface area contributed by atoms with Gasteiger partial charge in [0.15, 0.2) is 5.65 Å². The minimum Gasteiger partial charge on any atom is -0.465 e. The molecule has 0 spiro atoms. The van der Waals surface area contributed by atoms with Gasteiger partial charge in [0, 0.05) is 39.2 Å².